The van der Waals surface area contributed by atoms with Crippen LogP contribution in [0.5, 0.6) is 0 Å². The molecule has 2 rings (SSSR count). The largest absolute Gasteiger partial charge is 0.324 e. The number of hydrogen-bond acceptors (Lipinski definition) is 3. The molecule has 1 aromatic rings. The van der Waals surface area contributed by atoms with Gasteiger partial charge in [-0.15, -0.1) is 0 Å². The molecule has 16 heavy (non-hydrogen) atoms. The summed E-state index contributed by atoms with van der Waals surface area (Å²) in [7, 11) is -3.02. The maximum atomic E-state index is 12.9. The minimum atomic E-state index is -3.02. The standard InChI is InChI=1S/C12H14NO2P/c1-2-15-16(14,12(10-13)8-9-12)11-6-4-3-5-7-11/h3-7H,2,8-9H2,1H3/t16-/m1/s1. The van der Waals surface area contributed by atoms with Crippen LogP contribution in [0.2, 0.25) is 0 Å². The van der Waals surface area contributed by atoms with Crippen molar-refractivity contribution >= 4 is 12.7 Å². The first-order chi connectivity index (χ1) is 7.68. The van der Waals surface area contributed by atoms with Gasteiger partial charge < -0.3 is 4.52 Å². The van der Waals surface area contributed by atoms with E-state index in [2.05, 4.69) is 6.07 Å². The molecule has 0 aliphatic heterocycles. The molecule has 4 heteroatoms. The highest BCUT2D eigenvalue weighted by atomic mass is 31.2. The van der Waals surface area contributed by atoms with E-state index in [0.717, 1.165) is 0 Å². The molecule has 0 N–H and O–H groups in total. The van der Waals surface area contributed by atoms with Crippen molar-refractivity contribution in [1.82, 2.24) is 0 Å². The third kappa shape index (κ3) is 1.59. The van der Waals surface area contributed by atoms with Crippen molar-refractivity contribution < 1.29 is 9.09 Å². The normalized spacial score (nSPS) is 20.8. The Morgan fingerprint density at radius 3 is 2.50 bits per heavy atom. The van der Waals surface area contributed by atoms with E-state index in [9.17, 15) is 9.83 Å². The topological polar surface area (TPSA) is 50.1 Å². The lowest BCUT2D eigenvalue weighted by molar-refractivity contribution is 0.335. The van der Waals surface area contributed by atoms with Gasteiger partial charge in [-0.1, -0.05) is 18.2 Å². The molecular weight excluding hydrogens is 221 g/mol. The van der Waals surface area contributed by atoms with Gasteiger partial charge in [-0.3, -0.25) is 4.57 Å². The minimum Gasteiger partial charge on any atom is -0.324 e. The maximum absolute atomic E-state index is 12.9. The van der Waals surface area contributed by atoms with Gasteiger partial charge in [0.05, 0.1) is 12.7 Å². The fraction of sp³-hybridized carbons (Fsp3) is 0.417. The molecule has 0 radical (unpaired) electrons. The Morgan fingerprint density at radius 1 is 1.44 bits per heavy atom. The number of benzene rings is 1. The molecule has 0 aromatic heterocycles. The lowest BCUT2D eigenvalue weighted by Gasteiger charge is -2.22. The number of hydrogen-bond donors (Lipinski definition) is 0. The summed E-state index contributed by atoms with van der Waals surface area (Å²) in [5.74, 6) is 0. The Bertz CT molecular complexity index is 460. The monoisotopic (exact) mass is 235 g/mol. The summed E-state index contributed by atoms with van der Waals surface area (Å²) in [6, 6.07) is 11.3. The predicted octanol–water partition coefficient (Wildman–Crippen LogP) is 2.68. The summed E-state index contributed by atoms with van der Waals surface area (Å²) in [6.45, 7) is 2.18. The molecule has 0 amide bonds. The summed E-state index contributed by atoms with van der Waals surface area (Å²) in [6.07, 6.45) is 1.35. The van der Waals surface area contributed by atoms with E-state index in [1.807, 2.05) is 25.1 Å². The van der Waals surface area contributed by atoms with E-state index in [1.165, 1.54) is 0 Å². The number of nitrogens with zero attached hydrogens (tertiary/aromatic N) is 1. The van der Waals surface area contributed by atoms with Crippen LogP contribution in [0.3, 0.4) is 0 Å². The van der Waals surface area contributed by atoms with E-state index in [4.69, 9.17) is 4.52 Å². The van der Waals surface area contributed by atoms with Crippen LogP contribution in [0.4, 0.5) is 0 Å². The molecule has 0 bridgehead atoms. The van der Waals surface area contributed by atoms with Gasteiger partial charge in [0, 0.05) is 5.30 Å². The van der Waals surface area contributed by atoms with Crippen LogP contribution < -0.4 is 5.30 Å². The Morgan fingerprint density at radius 2 is 2.06 bits per heavy atom. The van der Waals surface area contributed by atoms with Crippen molar-refractivity contribution in [3.05, 3.63) is 30.3 Å². The van der Waals surface area contributed by atoms with Gasteiger partial charge in [-0.2, -0.15) is 5.26 Å². The molecule has 1 aliphatic rings. The van der Waals surface area contributed by atoms with Crippen LogP contribution in [0.1, 0.15) is 19.8 Å². The summed E-state index contributed by atoms with van der Waals surface area (Å²) >= 11 is 0. The quantitative estimate of drug-likeness (QED) is 0.754. The summed E-state index contributed by atoms with van der Waals surface area (Å²) in [5, 5.41) is 9.08. The van der Waals surface area contributed by atoms with E-state index in [1.54, 1.807) is 12.1 Å². The van der Waals surface area contributed by atoms with Crippen LogP contribution in [0.15, 0.2) is 30.3 Å². The molecule has 1 saturated carbocycles. The Labute approximate surface area is 95.5 Å². The van der Waals surface area contributed by atoms with Crippen molar-refractivity contribution in [2.75, 3.05) is 6.61 Å². The maximum Gasteiger partial charge on any atom is 0.251 e. The molecule has 0 saturated heterocycles. The van der Waals surface area contributed by atoms with Crippen molar-refractivity contribution in [3.63, 3.8) is 0 Å². The highest BCUT2D eigenvalue weighted by Gasteiger charge is 2.60. The van der Waals surface area contributed by atoms with Crippen molar-refractivity contribution in [3.8, 4) is 6.07 Å². The van der Waals surface area contributed by atoms with Gasteiger partial charge >= 0.3 is 0 Å². The second-order valence-corrected chi connectivity index (χ2v) is 6.68. The van der Waals surface area contributed by atoms with Gasteiger partial charge in [-0.05, 0) is 31.9 Å². The second kappa shape index (κ2) is 4.05. The van der Waals surface area contributed by atoms with E-state index in [0.29, 0.717) is 24.8 Å². The molecule has 84 valence electrons. The molecule has 1 aromatic carbocycles. The second-order valence-electron chi connectivity index (χ2n) is 3.95. The lowest BCUT2D eigenvalue weighted by atomic mass is 10.4. The molecule has 0 unspecified atom stereocenters. The average Bonchev–Trinajstić information content (AvgIpc) is 3.11. The van der Waals surface area contributed by atoms with Crippen LogP contribution in [0.25, 0.3) is 0 Å². The van der Waals surface area contributed by atoms with E-state index >= 15 is 0 Å². The van der Waals surface area contributed by atoms with Crippen molar-refractivity contribution in [2.24, 2.45) is 0 Å². The molecular formula is C12H14NO2P. The van der Waals surface area contributed by atoms with Crippen LogP contribution >= 0.6 is 7.37 Å². The zero-order valence-corrected chi connectivity index (χ0v) is 10.1. The third-order valence-corrected chi connectivity index (χ3v) is 6.18. The minimum absolute atomic E-state index is 0.371. The van der Waals surface area contributed by atoms with E-state index in [-0.39, 0.29) is 0 Å². The van der Waals surface area contributed by atoms with Crippen LogP contribution in [0, 0.1) is 11.3 Å². The van der Waals surface area contributed by atoms with Crippen molar-refractivity contribution in [2.45, 2.75) is 24.9 Å². The molecule has 0 heterocycles. The molecule has 1 aliphatic carbocycles. The van der Waals surface area contributed by atoms with E-state index < -0.39 is 12.5 Å². The zero-order chi connectivity index (χ0) is 11.6. The van der Waals surface area contributed by atoms with Gasteiger partial charge in [0.2, 0.25) is 0 Å². The highest BCUT2D eigenvalue weighted by molar-refractivity contribution is 7.69. The number of rotatable bonds is 4. The molecule has 1 fully saturated rings. The lowest BCUT2D eigenvalue weighted by Crippen LogP contribution is -2.19. The van der Waals surface area contributed by atoms with Gasteiger partial charge in [0.15, 0.2) is 0 Å². The van der Waals surface area contributed by atoms with Crippen LogP contribution in [-0.4, -0.2) is 11.8 Å². The Hall–Kier alpha value is -1.10. The SMILES string of the molecule is CCO[P@](=O)(c1ccccc1)C1(C#N)CC1. The fourth-order valence-corrected chi connectivity index (χ4v) is 4.49. The third-order valence-electron chi connectivity index (χ3n) is 2.90. The van der Waals surface area contributed by atoms with Gasteiger partial charge in [-0.25, -0.2) is 0 Å². The predicted molar refractivity (Wildman–Crippen MR) is 62.9 cm³/mol. The first-order valence-electron chi connectivity index (χ1n) is 5.40. The highest BCUT2D eigenvalue weighted by Crippen LogP contribution is 2.69. The Kier molecular flexibility index (Phi) is 2.88. The van der Waals surface area contributed by atoms with Gasteiger partial charge in [0.1, 0.15) is 5.16 Å². The first-order valence-corrected chi connectivity index (χ1v) is 7.02. The summed E-state index contributed by atoms with van der Waals surface area (Å²) in [4.78, 5) is 0. The average molecular weight is 235 g/mol. The summed E-state index contributed by atoms with van der Waals surface area (Å²) in [5.41, 5.74) is 0. The van der Waals surface area contributed by atoms with Crippen LogP contribution in [-0.2, 0) is 9.09 Å². The summed E-state index contributed by atoms with van der Waals surface area (Å²) < 4.78 is 18.4. The van der Waals surface area contributed by atoms with Crippen molar-refractivity contribution in [1.29, 1.82) is 5.26 Å². The number of nitriles is 1. The fourth-order valence-electron chi connectivity index (χ4n) is 1.84. The van der Waals surface area contributed by atoms with Gasteiger partial charge in [0.25, 0.3) is 7.37 Å². The molecule has 1 atom stereocenters. The zero-order valence-electron chi connectivity index (χ0n) is 9.22. The Balaban J connectivity index is 2.46. The smallest absolute Gasteiger partial charge is 0.251 e. The molecule has 3 nitrogen and oxygen atoms in total. The first kappa shape index (κ1) is 11.4. The molecule has 0 spiro atoms.